The zero-order valence-electron chi connectivity index (χ0n) is 10.0. The first-order valence-corrected chi connectivity index (χ1v) is 7.50. The molecular formula is C10H20N2O4S. The lowest BCUT2D eigenvalue weighted by molar-refractivity contribution is -0.125. The predicted octanol–water partition coefficient (Wildman–Crippen LogP) is -1.10. The first-order chi connectivity index (χ1) is 7.98. The molecule has 1 saturated heterocycles. The summed E-state index contributed by atoms with van der Waals surface area (Å²) in [5, 5.41) is 2.79. The molecule has 2 atom stereocenters. The monoisotopic (exact) mass is 264 g/mol. The van der Waals surface area contributed by atoms with Crippen LogP contribution >= 0.6 is 0 Å². The molecule has 1 heterocycles. The van der Waals surface area contributed by atoms with Crippen LogP contribution in [-0.4, -0.2) is 52.1 Å². The maximum absolute atomic E-state index is 11.8. The first-order valence-electron chi connectivity index (χ1n) is 5.68. The molecule has 0 bridgehead atoms. The highest BCUT2D eigenvalue weighted by molar-refractivity contribution is 7.91. The highest BCUT2D eigenvalue weighted by atomic mass is 32.2. The van der Waals surface area contributed by atoms with Gasteiger partial charge < -0.3 is 15.8 Å². The number of hydrogen-bond donors (Lipinski definition) is 2. The van der Waals surface area contributed by atoms with E-state index in [1.165, 1.54) is 0 Å². The Bertz CT molecular complexity index is 349. The Kier molecular flexibility index (Phi) is 5.35. The van der Waals surface area contributed by atoms with Gasteiger partial charge in [-0.25, -0.2) is 8.42 Å². The number of ether oxygens (including phenoxy) is 1. The molecule has 7 heteroatoms. The molecule has 6 nitrogen and oxygen atoms in total. The molecule has 0 spiro atoms. The van der Waals surface area contributed by atoms with E-state index < -0.39 is 15.8 Å². The second-order valence-electron chi connectivity index (χ2n) is 4.34. The molecule has 1 amide bonds. The van der Waals surface area contributed by atoms with Gasteiger partial charge in [0.15, 0.2) is 9.84 Å². The Labute approximate surface area is 102 Å². The average molecular weight is 264 g/mol. The van der Waals surface area contributed by atoms with Crippen molar-refractivity contribution in [1.29, 1.82) is 0 Å². The molecule has 1 fully saturated rings. The topological polar surface area (TPSA) is 98.5 Å². The Morgan fingerprint density at radius 2 is 2.29 bits per heavy atom. The van der Waals surface area contributed by atoms with E-state index in [0.29, 0.717) is 26.0 Å². The van der Waals surface area contributed by atoms with Crippen LogP contribution in [-0.2, 0) is 19.4 Å². The molecule has 1 aliphatic rings. The van der Waals surface area contributed by atoms with Gasteiger partial charge in [-0.1, -0.05) is 0 Å². The van der Waals surface area contributed by atoms with Crippen molar-refractivity contribution >= 4 is 15.7 Å². The second-order valence-corrected chi connectivity index (χ2v) is 6.57. The van der Waals surface area contributed by atoms with E-state index in [-0.39, 0.29) is 23.5 Å². The predicted molar refractivity (Wildman–Crippen MR) is 64.2 cm³/mol. The molecule has 3 N–H and O–H groups in total. The van der Waals surface area contributed by atoms with E-state index in [1.807, 2.05) is 0 Å². The van der Waals surface area contributed by atoms with Crippen molar-refractivity contribution in [2.75, 3.05) is 31.8 Å². The molecule has 0 aliphatic carbocycles. The summed E-state index contributed by atoms with van der Waals surface area (Å²) in [4.78, 5) is 11.8. The van der Waals surface area contributed by atoms with Crippen LogP contribution in [0, 0.1) is 5.92 Å². The van der Waals surface area contributed by atoms with E-state index in [9.17, 15) is 13.2 Å². The van der Waals surface area contributed by atoms with Crippen molar-refractivity contribution in [2.45, 2.75) is 18.9 Å². The van der Waals surface area contributed by atoms with Crippen LogP contribution in [0.3, 0.4) is 0 Å². The lowest BCUT2D eigenvalue weighted by Gasteiger charge is -2.19. The Morgan fingerprint density at radius 3 is 2.76 bits per heavy atom. The van der Waals surface area contributed by atoms with Crippen LogP contribution in [0.15, 0.2) is 0 Å². The summed E-state index contributed by atoms with van der Waals surface area (Å²) in [5.41, 5.74) is 5.43. The van der Waals surface area contributed by atoms with Crippen molar-refractivity contribution in [1.82, 2.24) is 5.32 Å². The van der Waals surface area contributed by atoms with Crippen molar-refractivity contribution in [3.63, 3.8) is 0 Å². The number of sulfone groups is 1. The third-order valence-corrected chi connectivity index (χ3v) is 4.60. The minimum absolute atomic E-state index is 0.0405. The van der Waals surface area contributed by atoms with Crippen LogP contribution in [0.4, 0.5) is 0 Å². The fourth-order valence-electron chi connectivity index (χ4n) is 1.92. The van der Waals surface area contributed by atoms with Crippen LogP contribution < -0.4 is 11.1 Å². The van der Waals surface area contributed by atoms with Crippen LogP contribution in [0.2, 0.25) is 0 Å². The summed E-state index contributed by atoms with van der Waals surface area (Å²) in [6, 6.07) is -0.138. The number of carbonyl (C=O) groups is 1. The van der Waals surface area contributed by atoms with E-state index in [4.69, 9.17) is 10.5 Å². The molecule has 17 heavy (non-hydrogen) atoms. The molecule has 2 unspecified atom stereocenters. The van der Waals surface area contributed by atoms with Crippen molar-refractivity contribution in [3.05, 3.63) is 0 Å². The number of amides is 1. The summed E-state index contributed by atoms with van der Waals surface area (Å²) in [7, 11) is -1.47. The quantitative estimate of drug-likeness (QED) is 0.634. The minimum atomic E-state index is -3.02. The number of methoxy groups -OCH3 is 1. The largest absolute Gasteiger partial charge is 0.383 e. The number of nitrogens with two attached hydrogens (primary N) is 1. The van der Waals surface area contributed by atoms with Gasteiger partial charge in [0.25, 0.3) is 0 Å². The van der Waals surface area contributed by atoms with Gasteiger partial charge in [-0.15, -0.1) is 0 Å². The van der Waals surface area contributed by atoms with E-state index in [2.05, 4.69) is 5.32 Å². The van der Waals surface area contributed by atoms with Gasteiger partial charge >= 0.3 is 0 Å². The molecule has 1 rings (SSSR count). The van der Waals surface area contributed by atoms with Crippen LogP contribution in [0.1, 0.15) is 12.8 Å². The van der Waals surface area contributed by atoms with Crippen LogP contribution in [0.5, 0.6) is 0 Å². The minimum Gasteiger partial charge on any atom is -0.383 e. The highest BCUT2D eigenvalue weighted by Crippen LogP contribution is 2.18. The van der Waals surface area contributed by atoms with Crippen LogP contribution in [0.25, 0.3) is 0 Å². The zero-order chi connectivity index (χ0) is 12.9. The maximum Gasteiger partial charge on any atom is 0.224 e. The first kappa shape index (κ1) is 14.4. The summed E-state index contributed by atoms with van der Waals surface area (Å²) in [5.74, 6) is -0.559. The average Bonchev–Trinajstić information content (AvgIpc) is 2.59. The molecule has 0 saturated carbocycles. The van der Waals surface area contributed by atoms with Gasteiger partial charge in [0, 0.05) is 7.11 Å². The van der Waals surface area contributed by atoms with Crippen molar-refractivity contribution in [2.24, 2.45) is 11.7 Å². The summed E-state index contributed by atoms with van der Waals surface area (Å²) in [6.07, 6.45) is 1.04. The van der Waals surface area contributed by atoms with Crippen molar-refractivity contribution in [3.8, 4) is 0 Å². The van der Waals surface area contributed by atoms with Crippen molar-refractivity contribution < 1.29 is 17.9 Å². The molecule has 0 aromatic rings. The normalized spacial score (nSPS) is 24.5. The summed E-state index contributed by atoms with van der Waals surface area (Å²) < 4.78 is 27.5. The number of nitrogens with one attached hydrogen (secondary N) is 1. The SMILES string of the molecule is COCC(CCN)NC(=O)C1CCS(=O)(=O)C1. The molecule has 0 aromatic carbocycles. The number of carbonyl (C=O) groups excluding carboxylic acids is 1. The number of rotatable bonds is 6. The third-order valence-electron chi connectivity index (χ3n) is 2.83. The van der Waals surface area contributed by atoms with E-state index >= 15 is 0 Å². The van der Waals surface area contributed by atoms with E-state index in [1.54, 1.807) is 7.11 Å². The zero-order valence-corrected chi connectivity index (χ0v) is 10.8. The van der Waals surface area contributed by atoms with Gasteiger partial charge in [0.2, 0.25) is 5.91 Å². The number of hydrogen-bond acceptors (Lipinski definition) is 5. The molecule has 100 valence electrons. The van der Waals surface area contributed by atoms with Gasteiger partial charge in [0.1, 0.15) is 0 Å². The van der Waals surface area contributed by atoms with E-state index in [0.717, 1.165) is 0 Å². The lowest BCUT2D eigenvalue weighted by Crippen LogP contribution is -2.42. The highest BCUT2D eigenvalue weighted by Gasteiger charge is 2.33. The fourth-order valence-corrected chi connectivity index (χ4v) is 3.66. The molecule has 0 aromatic heterocycles. The maximum atomic E-state index is 11.8. The second kappa shape index (κ2) is 6.32. The smallest absolute Gasteiger partial charge is 0.224 e. The van der Waals surface area contributed by atoms with Gasteiger partial charge in [0.05, 0.1) is 30.1 Å². The molecular weight excluding hydrogens is 244 g/mol. The Balaban J connectivity index is 2.47. The van der Waals surface area contributed by atoms with Gasteiger partial charge in [-0.2, -0.15) is 0 Å². The Hall–Kier alpha value is -0.660. The Morgan fingerprint density at radius 1 is 1.59 bits per heavy atom. The fraction of sp³-hybridized carbons (Fsp3) is 0.900. The summed E-state index contributed by atoms with van der Waals surface area (Å²) >= 11 is 0. The summed E-state index contributed by atoms with van der Waals surface area (Å²) in [6.45, 7) is 0.847. The lowest BCUT2D eigenvalue weighted by atomic mass is 10.1. The molecule has 0 radical (unpaired) electrons. The molecule has 1 aliphatic heterocycles. The standard InChI is InChI=1S/C10H20N2O4S/c1-16-6-9(2-4-11)12-10(13)8-3-5-17(14,15)7-8/h8-9H,2-7,11H2,1H3,(H,12,13). The van der Waals surface area contributed by atoms with Gasteiger partial charge in [-0.3, -0.25) is 4.79 Å². The van der Waals surface area contributed by atoms with Gasteiger partial charge in [-0.05, 0) is 19.4 Å². The third kappa shape index (κ3) is 4.61.